The molecule has 0 saturated heterocycles. The highest BCUT2D eigenvalue weighted by Crippen LogP contribution is 2.33. The van der Waals surface area contributed by atoms with Crippen molar-refractivity contribution in [1.29, 1.82) is 0 Å². The van der Waals surface area contributed by atoms with Crippen LogP contribution in [0.15, 0.2) is 22.7 Å². The predicted molar refractivity (Wildman–Crippen MR) is 62.5 cm³/mol. The maximum atomic E-state index is 12.4. The van der Waals surface area contributed by atoms with Crippen molar-refractivity contribution in [2.24, 2.45) is 0 Å². The molecule has 0 saturated carbocycles. The Morgan fingerprint density at radius 1 is 1.31 bits per heavy atom. The summed E-state index contributed by atoms with van der Waals surface area (Å²) < 4.78 is 37.5. The van der Waals surface area contributed by atoms with E-state index in [2.05, 4.69) is 28.2 Å². The van der Waals surface area contributed by atoms with Gasteiger partial charge in [-0.25, -0.2) is 0 Å². The van der Waals surface area contributed by atoms with Crippen LogP contribution in [0, 0.1) is 0 Å². The Kier molecular flexibility index (Phi) is 4.65. The fourth-order valence-electron chi connectivity index (χ4n) is 1.23. The number of unbranched alkanes of at least 4 members (excludes halogenated alkanes) is 1. The number of hydrogen-bond acceptors (Lipinski definition) is 1. The van der Waals surface area contributed by atoms with Crippen LogP contribution >= 0.6 is 15.9 Å². The molecule has 0 aliphatic heterocycles. The summed E-state index contributed by atoms with van der Waals surface area (Å²) in [6.07, 6.45) is -2.25. The highest BCUT2D eigenvalue weighted by atomic mass is 79.9. The van der Waals surface area contributed by atoms with Gasteiger partial charge in [-0.05, 0) is 40.5 Å². The van der Waals surface area contributed by atoms with Crippen LogP contribution in [0.1, 0.15) is 25.3 Å². The molecule has 0 aliphatic carbocycles. The quantitative estimate of drug-likeness (QED) is 0.795. The second kappa shape index (κ2) is 5.57. The van der Waals surface area contributed by atoms with E-state index in [9.17, 15) is 13.2 Å². The second-order valence-electron chi connectivity index (χ2n) is 3.47. The molecule has 1 rings (SSSR count). The summed E-state index contributed by atoms with van der Waals surface area (Å²) in [5.41, 5.74) is 0.0573. The van der Waals surface area contributed by atoms with Crippen LogP contribution in [0.3, 0.4) is 0 Å². The van der Waals surface area contributed by atoms with Gasteiger partial charge in [0.25, 0.3) is 0 Å². The third-order valence-electron chi connectivity index (χ3n) is 2.14. The lowest BCUT2D eigenvalue weighted by Gasteiger charge is -2.11. The predicted octanol–water partition coefficient (Wildman–Crippen LogP) is 4.68. The number of hydrogen-bond donors (Lipinski definition) is 1. The van der Waals surface area contributed by atoms with E-state index in [0.29, 0.717) is 10.2 Å². The fourth-order valence-corrected chi connectivity index (χ4v) is 1.75. The first-order valence-corrected chi connectivity index (χ1v) is 5.85. The van der Waals surface area contributed by atoms with E-state index in [1.165, 1.54) is 6.07 Å². The number of anilines is 1. The lowest BCUT2D eigenvalue weighted by atomic mass is 10.2. The minimum Gasteiger partial charge on any atom is -0.384 e. The Bertz CT molecular complexity index is 350. The first kappa shape index (κ1) is 13.4. The summed E-state index contributed by atoms with van der Waals surface area (Å²) in [6, 6.07) is 3.62. The molecule has 1 N–H and O–H groups in total. The van der Waals surface area contributed by atoms with E-state index < -0.39 is 11.7 Å². The number of alkyl halides is 3. The molecule has 1 nitrogen and oxygen atoms in total. The monoisotopic (exact) mass is 295 g/mol. The second-order valence-corrected chi connectivity index (χ2v) is 4.33. The Morgan fingerprint density at radius 3 is 2.50 bits per heavy atom. The van der Waals surface area contributed by atoms with Crippen LogP contribution in [0.5, 0.6) is 0 Å². The smallest absolute Gasteiger partial charge is 0.384 e. The molecule has 0 aromatic heterocycles. The number of rotatable bonds is 4. The maximum Gasteiger partial charge on any atom is 0.416 e. The summed E-state index contributed by atoms with van der Waals surface area (Å²) in [7, 11) is 0. The molecule has 0 spiro atoms. The van der Waals surface area contributed by atoms with Crippen LogP contribution < -0.4 is 5.32 Å². The normalized spacial score (nSPS) is 11.6. The van der Waals surface area contributed by atoms with Crippen molar-refractivity contribution in [3.05, 3.63) is 28.2 Å². The fraction of sp³-hybridized carbons (Fsp3) is 0.455. The van der Waals surface area contributed by atoms with Gasteiger partial charge < -0.3 is 5.32 Å². The standard InChI is InChI=1S/C11H13BrF3N/c1-2-3-6-16-10-5-4-8(7-9(10)12)11(13,14)15/h4-5,7,16H,2-3,6H2,1H3. The van der Waals surface area contributed by atoms with Crippen molar-refractivity contribution in [2.75, 3.05) is 11.9 Å². The van der Waals surface area contributed by atoms with Crippen molar-refractivity contribution in [3.8, 4) is 0 Å². The summed E-state index contributed by atoms with van der Waals surface area (Å²) in [5.74, 6) is 0. The maximum absolute atomic E-state index is 12.4. The van der Waals surface area contributed by atoms with E-state index in [0.717, 1.165) is 31.5 Å². The van der Waals surface area contributed by atoms with Crippen molar-refractivity contribution in [3.63, 3.8) is 0 Å². The van der Waals surface area contributed by atoms with E-state index >= 15 is 0 Å². The largest absolute Gasteiger partial charge is 0.416 e. The zero-order chi connectivity index (χ0) is 12.2. The molecule has 5 heteroatoms. The van der Waals surface area contributed by atoms with Gasteiger partial charge in [0.15, 0.2) is 0 Å². The minimum absolute atomic E-state index is 0.443. The van der Waals surface area contributed by atoms with E-state index in [1.807, 2.05) is 0 Å². The molecule has 0 amide bonds. The molecule has 1 aromatic carbocycles. The Hall–Kier alpha value is -0.710. The average molecular weight is 296 g/mol. The Balaban J connectivity index is 2.76. The van der Waals surface area contributed by atoms with Crippen molar-refractivity contribution < 1.29 is 13.2 Å². The van der Waals surface area contributed by atoms with Gasteiger partial charge in [0.1, 0.15) is 0 Å². The molecule has 0 atom stereocenters. The van der Waals surface area contributed by atoms with Crippen LogP contribution in [0.2, 0.25) is 0 Å². The number of nitrogens with one attached hydrogen (secondary N) is 1. The molecular weight excluding hydrogens is 283 g/mol. The van der Waals surface area contributed by atoms with E-state index in [1.54, 1.807) is 0 Å². The molecule has 0 unspecified atom stereocenters. The first-order chi connectivity index (χ1) is 7.45. The van der Waals surface area contributed by atoms with Gasteiger partial charge in [0, 0.05) is 16.7 Å². The number of halogens is 4. The number of benzene rings is 1. The summed E-state index contributed by atoms with van der Waals surface area (Å²) in [4.78, 5) is 0. The van der Waals surface area contributed by atoms with Gasteiger partial charge >= 0.3 is 6.18 Å². The molecule has 0 bridgehead atoms. The SMILES string of the molecule is CCCCNc1ccc(C(F)(F)F)cc1Br. The lowest BCUT2D eigenvalue weighted by Crippen LogP contribution is -2.06. The summed E-state index contributed by atoms with van der Waals surface area (Å²) >= 11 is 3.13. The zero-order valence-corrected chi connectivity index (χ0v) is 10.5. The third kappa shape index (κ3) is 3.70. The van der Waals surface area contributed by atoms with Gasteiger partial charge in [-0.2, -0.15) is 13.2 Å². The molecule has 0 radical (unpaired) electrons. The lowest BCUT2D eigenvalue weighted by molar-refractivity contribution is -0.137. The van der Waals surface area contributed by atoms with Crippen LogP contribution in [0.4, 0.5) is 18.9 Å². The molecule has 1 aromatic rings. The van der Waals surface area contributed by atoms with Crippen molar-refractivity contribution in [2.45, 2.75) is 25.9 Å². The first-order valence-electron chi connectivity index (χ1n) is 5.05. The van der Waals surface area contributed by atoms with Crippen LogP contribution in [0.25, 0.3) is 0 Å². The van der Waals surface area contributed by atoms with Gasteiger partial charge in [0.2, 0.25) is 0 Å². The molecule has 0 aliphatic rings. The van der Waals surface area contributed by atoms with Crippen molar-refractivity contribution >= 4 is 21.6 Å². The zero-order valence-electron chi connectivity index (χ0n) is 8.87. The highest BCUT2D eigenvalue weighted by Gasteiger charge is 2.30. The average Bonchev–Trinajstić information content (AvgIpc) is 2.19. The molecule has 0 heterocycles. The Labute approximate surface area is 101 Å². The van der Waals surface area contributed by atoms with Gasteiger partial charge in [-0.3, -0.25) is 0 Å². The summed E-state index contributed by atoms with van der Waals surface area (Å²) in [5, 5.41) is 3.08. The molecule has 0 fully saturated rings. The van der Waals surface area contributed by atoms with Crippen LogP contribution in [-0.2, 0) is 6.18 Å². The van der Waals surface area contributed by atoms with Gasteiger partial charge in [0.05, 0.1) is 5.56 Å². The Morgan fingerprint density at radius 2 is 2.00 bits per heavy atom. The van der Waals surface area contributed by atoms with Gasteiger partial charge in [-0.15, -0.1) is 0 Å². The van der Waals surface area contributed by atoms with E-state index in [4.69, 9.17) is 0 Å². The van der Waals surface area contributed by atoms with Crippen LogP contribution in [-0.4, -0.2) is 6.54 Å². The third-order valence-corrected chi connectivity index (χ3v) is 2.80. The summed E-state index contributed by atoms with van der Waals surface area (Å²) in [6.45, 7) is 2.82. The van der Waals surface area contributed by atoms with Gasteiger partial charge in [-0.1, -0.05) is 13.3 Å². The molecule has 16 heavy (non-hydrogen) atoms. The molecular formula is C11H13BrF3N. The minimum atomic E-state index is -4.29. The molecule has 90 valence electrons. The topological polar surface area (TPSA) is 12.0 Å². The van der Waals surface area contributed by atoms with Crippen molar-refractivity contribution in [1.82, 2.24) is 0 Å². The highest BCUT2D eigenvalue weighted by molar-refractivity contribution is 9.10. The van der Waals surface area contributed by atoms with E-state index in [-0.39, 0.29) is 0 Å².